The molecule has 0 aliphatic heterocycles. The van der Waals surface area contributed by atoms with Crippen LogP contribution < -0.4 is 10.1 Å². The summed E-state index contributed by atoms with van der Waals surface area (Å²) in [5.74, 6) is 0.935. The zero-order chi connectivity index (χ0) is 15.1. The smallest absolute Gasteiger partial charge is 0.119 e. The molecule has 0 radical (unpaired) electrons. The van der Waals surface area contributed by atoms with E-state index in [0.717, 1.165) is 25.3 Å². The van der Waals surface area contributed by atoms with Gasteiger partial charge in [-0.25, -0.2) is 0 Å². The third kappa shape index (κ3) is 4.36. The average molecular weight is 286 g/mol. The molecule has 0 spiro atoms. The van der Waals surface area contributed by atoms with Gasteiger partial charge in [0.1, 0.15) is 5.75 Å². The third-order valence-electron chi connectivity index (χ3n) is 3.67. The van der Waals surface area contributed by atoms with Crippen LogP contribution in [0.25, 0.3) is 0 Å². The summed E-state index contributed by atoms with van der Waals surface area (Å²) in [6.45, 7) is 9.09. The molecule has 0 fully saturated rings. The number of aryl methyl sites for hydroxylation is 1. The van der Waals surface area contributed by atoms with Crippen molar-refractivity contribution >= 4 is 0 Å². The summed E-state index contributed by atoms with van der Waals surface area (Å²) in [6.07, 6.45) is 3.32. The van der Waals surface area contributed by atoms with Crippen molar-refractivity contribution in [1.29, 1.82) is 0 Å². The molecule has 2 rings (SSSR count). The molecule has 0 aliphatic carbocycles. The molecule has 3 heteroatoms. The van der Waals surface area contributed by atoms with Gasteiger partial charge in [0.2, 0.25) is 0 Å². The fourth-order valence-corrected chi connectivity index (χ4v) is 2.46. The maximum Gasteiger partial charge on any atom is 0.119 e. The highest BCUT2D eigenvalue weighted by molar-refractivity contribution is 5.29. The summed E-state index contributed by atoms with van der Waals surface area (Å²) in [5, 5.41) is 3.59. The van der Waals surface area contributed by atoms with Gasteiger partial charge in [-0.3, -0.25) is 0 Å². The predicted octanol–water partition coefficient (Wildman–Crippen LogP) is 4.15. The minimum atomic E-state index is 0.325. The molecule has 0 amide bonds. The molecule has 0 saturated carbocycles. The van der Waals surface area contributed by atoms with E-state index < -0.39 is 0 Å². The van der Waals surface area contributed by atoms with Crippen molar-refractivity contribution < 1.29 is 4.74 Å². The topological polar surface area (TPSA) is 26.2 Å². The Hall–Kier alpha value is -1.74. The van der Waals surface area contributed by atoms with Crippen LogP contribution in [-0.2, 0) is 13.1 Å². The molecule has 3 nitrogen and oxygen atoms in total. The molecule has 1 atom stereocenters. The van der Waals surface area contributed by atoms with Crippen molar-refractivity contribution in [2.75, 3.05) is 6.61 Å². The first-order chi connectivity index (χ1) is 10.2. The van der Waals surface area contributed by atoms with E-state index >= 15 is 0 Å². The first kappa shape index (κ1) is 15.6. The second kappa shape index (κ2) is 7.89. The number of nitrogens with zero attached hydrogens (tertiary/aromatic N) is 1. The van der Waals surface area contributed by atoms with E-state index in [0.29, 0.717) is 12.6 Å². The molecular weight excluding hydrogens is 260 g/mol. The second-order valence-electron chi connectivity index (χ2n) is 5.30. The maximum atomic E-state index is 5.48. The van der Waals surface area contributed by atoms with Crippen LogP contribution in [0.1, 0.15) is 44.5 Å². The summed E-state index contributed by atoms with van der Waals surface area (Å²) in [5.41, 5.74) is 2.63. The average Bonchev–Trinajstić information content (AvgIpc) is 2.94. The molecule has 0 bridgehead atoms. The van der Waals surface area contributed by atoms with Gasteiger partial charge < -0.3 is 14.6 Å². The molecule has 1 unspecified atom stereocenters. The quantitative estimate of drug-likeness (QED) is 0.789. The van der Waals surface area contributed by atoms with Gasteiger partial charge >= 0.3 is 0 Å². The summed E-state index contributed by atoms with van der Waals surface area (Å²) in [4.78, 5) is 0. The largest absolute Gasteiger partial charge is 0.494 e. The Morgan fingerprint density at radius 1 is 1.14 bits per heavy atom. The summed E-state index contributed by atoms with van der Waals surface area (Å²) in [7, 11) is 0. The standard InChI is InChI=1S/C18H26N2O/c1-4-12-20-13-6-7-17(20)14-19-15(3)16-8-10-18(11-9-16)21-5-2/h6-11,13,15,19H,4-5,12,14H2,1-3H3. The Labute approximate surface area is 127 Å². The van der Waals surface area contributed by atoms with Crippen LogP contribution in [0.3, 0.4) is 0 Å². The highest BCUT2D eigenvalue weighted by atomic mass is 16.5. The van der Waals surface area contributed by atoms with Crippen LogP contribution in [0.4, 0.5) is 0 Å². The molecule has 1 aromatic heterocycles. The van der Waals surface area contributed by atoms with Crippen LogP contribution in [0.15, 0.2) is 42.6 Å². The SMILES string of the molecule is CCCn1cccc1CNC(C)c1ccc(OCC)cc1. The van der Waals surface area contributed by atoms with Crippen LogP contribution in [0, 0.1) is 0 Å². The molecule has 1 aromatic carbocycles. The summed E-state index contributed by atoms with van der Waals surface area (Å²) >= 11 is 0. The van der Waals surface area contributed by atoms with Crippen molar-refractivity contribution in [2.24, 2.45) is 0 Å². The number of benzene rings is 1. The van der Waals surface area contributed by atoms with E-state index in [4.69, 9.17) is 4.74 Å². The molecule has 114 valence electrons. The molecule has 1 N–H and O–H groups in total. The van der Waals surface area contributed by atoms with Gasteiger partial charge in [-0.1, -0.05) is 19.1 Å². The lowest BCUT2D eigenvalue weighted by atomic mass is 10.1. The van der Waals surface area contributed by atoms with Crippen molar-refractivity contribution in [2.45, 2.75) is 46.3 Å². The minimum absolute atomic E-state index is 0.325. The van der Waals surface area contributed by atoms with Gasteiger partial charge in [-0.2, -0.15) is 0 Å². The van der Waals surface area contributed by atoms with Crippen LogP contribution in [-0.4, -0.2) is 11.2 Å². The third-order valence-corrected chi connectivity index (χ3v) is 3.67. The number of hydrogen-bond acceptors (Lipinski definition) is 2. The van der Waals surface area contributed by atoms with Gasteiger partial charge in [-0.15, -0.1) is 0 Å². The zero-order valence-corrected chi connectivity index (χ0v) is 13.3. The Morgan fingerprint density at radius 2 is 1.90 bits per heavy atom. The molecule has 1 heterocycles. The van der Waals surface area contributed by atoms with Crippen molar-refractivity contribution in [3.63, 3.8) is 0 Å². The van der Waals surface area contributed by atoms with Crippen LogP contribution in [0.5, 0.6) is 5.75 Å². The monoisotopic (exact) mass is 286 g/mol. The van der Waals surface area contributed by atoms with E-state index in [9.17, 15) is 0 Å². The lowest BCUT2D eigenvalue weighted by molar-refractivity contribution is 0.340. The second-order valence-corrected chi connectivity index (χ2v) is 5.30. The number of rotatable bonds is 8. The number of nitrogens with one attached hydrogen (secondary N) is 1. The van der Waals surface area contributed by atoms with E-state index in [1.54, 1.807) is 0 Å². The maximum absolute atomic E-state index is 5.48. The van der Waals surface area contributed by atoms with E-state index in [1.165, 1.54) is 11.3 Å². The van der Waals surface area contributed by atoms with Gasteiger partial charge in [-0.05, 0) is 50.1 Å². The minimum Gasteiger partial charge on any atom is -0.494 e. The number of ether oxygens (including phenoxy) is 1. The Balaban J connectivity index is 1.91. The Kier molecular flexibility index (Phi) is 5.88. The molecule has 0 aliphatic rings. The van der Waals surface area contributed by atoms with Crippen molar-refractivity contribution in [3.8, 4) is 5.75 Å². The van der Waals surface area contributed by atoms with Gasteiger partial charge in [0.25, 0.3) is 0 Å². The Morgan fingerprint density at radius 3 is 2.57 bits per heavy atom. The predicted molar refractivity (Wildman–Crippen MR) is 87.6 cm³/mol. The zero-order valence-electron chi connectivity index (χ0n) is 13.3. The van der Waals surface area contributed by atoms with Crippen molar-refractivity contribution in [1.82, 2.24) is 9.88 Å². The number of hydrogen-bond donors (Lipinski definition) is 1. The first-order valence-corrected chi connectivity index (χ1v) is 7.84. The summed E-state index contributed by atoms with van der Waals surface area (Å²) < 4.78 is 7.80. The fourth-order valence-electron chi connectivity index (χ4n) is 2.46. The van der Waals surface area contributed by atoms with E-state index in [1.807, 2.05) is 19.1 Å². The molecular formula is C18H26N2O. The Bertz CT molecular complexity index is 530. The molecule has 2 aromatic rings. The van der Waals surface area contributed by atoms with Crippen LogP contribution >= 0.6 is 0 Å². The van der Waals surface area contributed by atoms with Gasteiger partial charge in [0, 0.05) is 31.0 Å². The lowest BCUT2D eigenvalue weighted by Gasteiger charge is -2.16. The normalized spacial score (nSPS) is 12.3. The van der Waals surface area contributed by atoms with E-state index in [-0.39, 0.29) is 0 Å². The lowest BCUT2D eigenvalue weighted by Crippen LogP contribution is -2.20. The van der Waals surface area contributed by atoms with E-state index in [2.05, 4.69) is 54.2 Å². The van der Waals surface area contributed by atoms with Gasteiger partial charge in [0.15, 0.2) is 0 Å². The first-order valence-electron chi connectivity index (χ1n) is 7.84. The summed E-state index contributed by atoms with van der Waals surface area (Å²) in [6, 6.07) is 13.0. The fraction of sp³-hybridized carbons (Fsp3) is 0.444. The van der Waals surface area contributed by atoms with Gasteiger partial charge in [0.05, 0.1) is 6.61 Å². The van der Waals surface area contributed by atoms with Crippen LogP contribution in [0.2, 0.25) is 0 Å². The molecule has 21 heavy (non-hydrogen) atoms. The molecule has 0 saturated heterocycles. The highest BCUT2D eigenvalue weighted by Crippen LogP contribution is 2.18. The highest BCUT2D eigenvalue weighted by Gasteiger charge is 2.07. The number of aromatic nitrogens is 1. The van der Waals surface area contributed by atoms with Crippen molar-refractivity contribution in [3.05, 3.63) is 53.9 Å².